The number of piperazine rings is 1. The van der Waals surface area contributed by atoms with Gasteiger partial charge in [-0.15, -0.1) is 0 Å². The van der Waals surface area contributed by atoms with Gasteiger partial charge in [-0.05, 0) is 36.4 Å². The number of hydrogen-bond acceptors (Lipinski definition) is 4. The van der Waals surface area contributed by atoms with Crippen LogP contribution < -0.4 is 10.2 Å². The topological polar surface area (TPSA) is 69.7 Å². The van der Waals surface area contributed by atoms with Crippen LogP contribution in [0.1, 0.15) is 6.92 Å². The minimum Gasteiger partial charge on any atom is -0.369 e. The first-order valence-corrected chi connectivity index (χ1v) is 10.1. The third-order valence-electron chi connectivity index (χ3n) is 4.25. The molecule has 0 saturated carbocycles. The van der Waals surface area contributed by atoms with Crippen LogP contribution in [0.3, 0.4) is 0 Å². The first kappa shape index (κ1) is 18.7. The van der Waals surface area contributed by atoms with Crippen LogP contribution in [0.5, 0.6) is 0 Å². The summed E-state index contributed by atoms with van der Waals surface area (Å²) in [5.74, 6) is -0.115. The molecule has 1 fully saturated rings. The van der Waals surface area contributed by atoms with Gasteiger partial charge in [0.1, 0.15) is 4.90 Å². The molecule has 0 radical (unpaired) electrons. The normalized spacial score (nSPS) is 15.7. The van der Waals surface area contributed by atoms with Crippen molar-refractivity contribution in [2.45, 2.75) is 11.8 Å². The molecule has 0 spiro atoms. The lowest BCUT2D eigenvalue weighted by Crippen LogP contribution is -2.48. The summed E-state index contributed by atoms with van der Waals surface area (Å²) in [7, 11) is -3.59. The molecule has 1 N–H and O–H groups in total. The minimum atomic E-state index is -3.59. The molecule has 1 saturated heterocycles. The number of benzene rings is 2. The Morgan fingerprint density at radius 3 is 2.19 bits per heavy atom. The molecule has 1 heterocycles. The summed E-state index contributed by atoms with van der Waals surface area (Å²) in [5, 5.41) is 2.97. The zero-order chi connectivity index (χ0) is 18.7. The van der Waals surface area contributed by atoms with E-state index in [0.717, 1.165) is 11.4 Å². The van der Waals surface area contributed by atoms with Crippen LogP contribution >= 0.6 is 11.6 Å². The fourth-order valence-corrected chi connectivity index (χ4v) is 4.85. The molecule has 138 valence electrons. The van der Waals surface area contributed by atoms with Crippen LogP contribution in [0.2, 0.25) is 5.02 Å². The van der Waals surface area contributed by atoms with Crippen molar-refractivity contribution in [2.24, 2.45) is 0 Å². The summed E-state index contributed by atoms with van der Waals surface area (Å²) < 4.78 is 27.0. The van der Waals surface area contributed by atoms with Crippen LogP contribution in [0.25, 0.3) is 0 Å². The highest BCUT2D eigenvalue weighted by molar-refractivity contribution is 7.89. The Hall–Kier alpha value is -2.09. The molecule has 2 aromatic rings. The van der Waals surface area contributed by atoms with E-state index < -0.39 is 10.0 Å². The number of carbonyl (C=O) groups is 1. The quantitative estimate of drug-likeness (QED) is 0.867. The summed E-state index contributed by atoms with van der Waals surface area (Å²) in [6.45, 7) is 3.42. The van der Waals surface area contributed by atoms with Crippen LogP contribution in [0.4, 0.5) is 11.4 Å². The number of sulfonamides is 1. The number of nitrogens with one attached hydrogen (secondary N) is 1. The SMILES string of the molecule is CC(=O)Nc1ccc(N2CCN(S(=O)(=O)c3ccccc3Cl)CC2)cc1. The van der Waals surface area contributed by atoms with E-state index >= 15 is 0 Å². The van der Waals surface area contributed by atoms with Crippen molar-refractivity contribution in [1.29, 1.82) is 0 Å². The number of nitrogens with zero attached hydrogens (tertiary/aromatic N) is 2. The van der Waals surface area contributed by atoms with Crippen LogP contribution in [-0.2, 0) is 14.8 Å². The molecule has 6 nitrogen and oxygen atoms in total. The number of carbonyl (C=O) groups excluding carboxylic acids is 1. The Bertz CT molecular complexity index is 892. The van der Waals surface area contributed by atoms with Crippen LogP contribution in [0.15, 0.2) is 53.4 Å². The fraction of sp³-hybridized carbons (Fsp3) is 0.278. The van der Waals surface area contributed by atoms with Crippen molar-refractivity contribution < 1.29 is 13.2 Å². The maximum Gasteiger partial charge on any atom is 0.244 e. The zero-order valence-corrected chi connectivity index (χ0v) is 15.9. The van der Waals surface area contributed by atoms with Gasteiger partial charge < -0.3 is 10.2 Å². The molecule has 26 heavy (non-hydrogen) atoms. The van der Waals surface area contributed by atoms with E-state index in [0.29, 0.717) is 26.2 Å². The minimum absolute atomic E-state index is 0.115. The van der Waals surface area contributed by atoms with E-state index in [4.69, 9.17) is 11.6 Å². The molecule has 3 rings (SSSR count). The van der Waals surface area contributed by atoms with E-state index in [-0.39, 0.29) is 15.8 Å². The maximum absolute atomic E-state index is 12.8. The second-order valence-electron chi connectivity index (χ2n) is 6.05. The van der Waals surface area contributed by atoms with Crippen molar-refractivity contribution in [1.82, 2.24) is 4.31 Å². The molecular formula is C18H20ClN3O3S. The lowest BCUT2D eigenvalue weighted by Gasteiger charge is -2.35. The van der Waals surface area contributed by atoms with Crippen molar-refractivity contribution >= 4 is 38.9 Å². The standard InChI is InChI=1S/C18H20ClN3O3S/c1-14(23)20-15-6-8-16(9-7-15)21-10-12-22(13-11-21)26(24,25)18-5-3-2-4-17(18)19/h2-9H,10-13H2,1H3,(H,20,23). The molecule has 0 bridgehead atoms. The third-order valence-corrected chi connectivity index (χ3v) is 6.64. The number of hydrogen-bond donors (Lipinski definition) is 1. The highest BCUT2D eigenvalue weighted by Crippen LogP contribution is 2.26. The summed E-state index contributed by atoms with van der Waals surface area (Å²) >= 11 is 6.06. The molecule has 2 aromatic carbocycles. The maximum atomic E-state index is 12.8. The van der Waals surface area contributed by atoms with Gasteiger partial charge in [0.2, 0.25) is 15.9 Å². The molecule has 0 aromatic heterocycles. The molecule has 0 aliphatic carbocycles. The molecule has 1 aliphatic heterocycles. The van der Waals surface area contributed by atoms with Crippen molar-refractivity contribution in [3.05, 3.63) is 53.6 Å². The van der Waals surface area contributed by atoms with Gasteiger partial charge in [0.05, 0.1) is 5.02 Å². The van der Waals surface area contributed by atoms with Crippen molar-refractivity contribution in [2.75, 3.05) is 36.4 Å². The second-order valence-corrected chi connectivity index (χ2v) is 8.36. The largest absolute Gasteiger partial charge is 0.369 e. The van der Waals surface area contributed by atoms with Crippen molar-refractivity contribution in [3.8, 4) is 0 Å². The van der Waals surface area contributed by atoms with Crippen molar-refractivity contribution in [3.63, 3.8) is 0 Å². The van der Waals surface area contributed by atoms with Gasteiger partial charge in [0, 0.05) is 44.5 Å². The fourth-order valence-electron chi connectivity index (χ4n) is 2.94. The van der Waals surface area contributed by atoms with Gasteiger partial charge in [0.25, 0.3) is 0 Å². The Balaban J connectivity index is 1.67. The predicted octanol–water partition coefficient (Wildman–Crippen LogP) is 2.81. The van der Waals surface area contributed by atoms with E-state index in [9.17, 15) is 13.2 Å². The Morgan fingerprint density at radius 1 is 1.00 bits per heavy atom. The highest BCUT2D eigenvalue weighted by Gasteiger charge is 2.29. The molecule has 0 atom stereocenters. The smallest absolute Gasteiger partial charge is 0.244 e. The lowest BCUT2D eigenvalue weighted by molar-refractivity contribution is -0.114. The average Bonchev–Trinajstić information content (AvgIpc) is 2.62. The highest BCUT2D eigenvalue weighted by atomic mass is 35.5. The van der Waals surface area contributed by atoms with Gasteiger partial charge in [-0.3, -0.25) is 4.79 Å². The van der Waals surface area contributed by atoms with Gasteiger partial charge in [-0.25, -0.2) is 8.42 Å². The number of anilines is 2. The number of halogens is 1. The van der Waals surface area contributed by atoms with Crippen LogP contribution in [-0.4, -0.2) is 44.8 Å². The van der Waals surface area contributed by atoms with Gasteiger partial charge >= 0.3 is 0 Å². The average molecular weight is 394 g/mol. The molecule has 0 unspecified atom stereocenters. The van der Waals surface area contributed by atoms with Gasteiger partial charge in [-0.2, -0.15) is 4.31 Å². The van der Waals surface area contributed by atoms with E-state index in [1.54, 1.807) is 18.2 Å². The summed E-state index contributed by atoms with van der Waals surface area (Å²) in [6, 6.07) is 14.0. The second kappa shape index (κ2) is 7.65. The Morgan fingerprint density at radius 2 is 1.62 bits per heavy atom. The molecule has 1 amide bonds. The number of rotatable bonds is 4. The first-order chi connectivity index (χ1) is 12.4. The van der Waals surface area contributed by atoms with E-state index in [1.165, 1.54) is 17.3 Å². The predicted molar refractivity (Wildman–Crippen MR) is 103 cm³/mol. The van der Waals surface area contributed by atoms with Gasteiger partial charge in [-0.1, -0.05) is 23.7 Å². The summed E-state index contributed by atoms with van der Waals surface area (Å²) in [4.78, 5) is 13.3. The summed E-state index contributed by atoms with van der Waals surface area (Å²) in [5.41, 5.74) is 1.73. The van der Waals surface area contributed by atoms with Crippen LogP contribution in [0, 0.1) is 0 Å². The molecular weight excluding hydrogens is 374 g/mol. The van der Waals surface area contributed by atoms with Gasteiger partial charge in [0.15, 0.2) is 0 Å². The molecule has 1 aliphatic rings. The third kappa shape index (κ3) is 4.00. The zero-order valence-electron chi connectivity index (χ0n) is 14.4. The van der Waals surface area contributed by atoms with E-state index in [2.05, 4.69) is 10.2 Å². The Labute approximate surface area is 158 Å². The number of amides is 1. The summed E-state index contributed by atoms with van der Waals surface area (Å²) in [6.07, 6.45) is 0. The lowest BCUT2D eigenvalue weighted by atomic mass is 10.2. The first-order valence-electron chi connectivity index (χ1n) is 8.25. The Kier molecular flexibility index (Phi) is 5.50. The van der Waals surface area contributed by atoms with E-state index in [1.807, 2.05) is 24.3 Å². The molecule has 8 heteroatoms. The monoisotopic (exact) mass is 393 g/mol.